The SMILES string of the molecule is COC(=O)c1ccc(COc2ccccc2C=C2C(=O)Nc3cc(Cl)ccc32)cc1. The summed E-state index contributed by atoms with van der Waals surface area (Å²) >= 11 is 6.02. The van der Waals surface area contributed by atoms with Crippen LogP contribution in [-0.2, 0) is 16.1 Å². The topological polar surface area (TPSA) is 64.6 Å². The van der Waals surface area contributed by atoms with Crippen LogP contribution in [0.5, 0.6) is 5.75 Å². The van der Waals surface area contributed by atoms with Crippen LogP contribution in [0.3, 0.4) is 0 Å². The minimum absolute atomic E-state index is 0.180. The number of methoxy groups -OCH3 is 1. The molecule has 0 spiro atoms. The fraction of sp³-hybridized carbons (Fsp3) is 0.0833. The lowest BCUT2D eigenvalue weighted by atomic mass is 10.0. The van der Waals surface area contributed by atoms with Crippen LogP contribution in [0.4, 0.5) is 5.69 Å². The first-order valence-electron chi connectivity index (χ1n) is 9.27. The van der Waals surface area contributed by atoms with Gasteiger partial charge in [-0.15, -0.1) is 0 Å². The van der Waals surface area contributed by atoms with Gasteiger partial charge in [-0.25, -0.2) is 4.79 Å². The van der Waals surface area contributed by atoms with Crippen LogP contribution in [0, 0.1) is 0 Å². The normalized spacial score (nSPS) is 13.7. The second kappa shape index (κ2) is 8.43. The van der Waals surface area contributed by atoms with Gasteiger partial charge < -0.3 is 14.8 Å². The number of benzene rings is 3. The highest BCUT2D eigenvalue weighted by molar-refractivity contribution is 6.36. The van der Waals surface area contributed by atoms with Crippen LogP contribution >= 0.6 is 11.6 Å². The van der Waals surface area contributed by atoms with Gasteiger partial charge in [-0.2, -0.15) is 0 Å². The van der Waals surface area contributed by atoms with Gasteiger partial charge in [0.05, 0.1) is 18.4 Å². The van der Waals surface area contributed by atoms with Crippen molar-refractivity contribution in [1.82, 2.24) is 0 Å². The molecule has 0 atom stereocenters. The monoisotopic (exact) mass is 419 g/mol. The number of para-hydroxylation sites is 1. The molecular weight excluding hydrogens is 402 g/mol. The van der Waals surface area contributed by atoms with Crippen LogP contribution in [0.25, 0.3) is 11.6 Å². The summed E-state index contributed by atoms with van der Waals surface area (Å²) in [6.45, 7) is 0.319. The van der Waals surface area contributed by atoms with E-state index in [4.69, 9.17) is 21.1 Å². The van der Waals surface area contributed by atoms with Crippen LogP contribution in [0.15, 0.2) is 66.7 Å². The Labute approximate surface area is 178 Å². The maximum absolute atomic E-state index is 12.4. The predicted octanol–water partition coefficient (Wildman–Crippen LogP) is 5.20. The number of nitrogens with one attached hydrogen (secondary N) is 1. The number of ether oxygens (including phenoxy) is 2. The molecule has 150 valence electrons. The lowest BCUT2D eigenvalue weighted by Crippen LogP contribution is -2.04. The Morgan fingerprint density at radius 1 is 1.07 bits per heavy atom. The molecule has 1 N–H and O–H groups in total. The van der Waals surface area contributed by atoms with E-state index < -0.39 is 0 Å². The van der Waals surface area contributed by atoms with Crippen molar-refractivity contribution >= 4 is 40.8 Å². The van der Waals surface area contributed by atoms with E-state index in [-0.39, 0.29) is 11.9 Å². The Kier molecular flexibility index (Phi) is 5.55. The average Bonchev–Trinajstić information content (AvgIpc) is 3.07. The first kappa shape index (κ1) is 19.7. The molecule has 3 aromatic rings. The van der Waals surface area contributed by atoms with E-state index in [1.54, 1.807) is 24.3 Å². The smallest absolute Gasteiger partial charge is 0.337 e. The number of amides is 1. The number of halogens is 1. The summed E-state index contributed by atoms with van der Waals surface area (Å²) < 4.78 is 10.7. The molecule has 1 aliphatic heterocycles. The number of hydrogen-bond acceptors (Lipinski definition) is 4. The number of carbonyl (C=O) groups excluding carboxylic acids is 2. The summed E-state index contributed by atoms with van der Waals surface area (Å²) in [5, 5.41) is 3.40. The number of carbonyl (C=O) groups is 2. The van der Waals surface area contributed by atoms with Crippen molar-refractivity contribution in [2.24, 2.45) is 0 Å². The minimum Gasteiger partial charge on any atom is -0.488 e. The molecule has 1 amide bonds. The third kappa shape index (κ3) is 4.07. The van der Waals surface area contributed by atoms with E-state index in [1.165, 1.54) is 7.11 Å². The van der Waals surface area contributed by atoms with E-state index in [1.807, 2.05) is 48.5 Å². The van der Waals surface area contributed by atoms with Crippen molar-refractivity contribution in [3.05, 3.63) is 94.0 Å². The lowest BCUT2D eigenvalue weighted by molar-refractivity contribution is -0.110. The van der Waals surface area contributed by atoms with Crippen LogP contribution < -0.4 is 10.1 Å². The van der Waals surface area contributed by atoms with Crippen molar-refractivity contribution in [2.45, 2.75) is 6.61 Å². The Hall–Kier alpha value is -3.57. The van der Waals surface area contributed by atoms with Crippen LogP contribution in [0.2, 0.25) is 5.02 Å². The van der Waals surface area contributed by atoms with E-state index in [9.17, 15) is 9.59 Å². The number of esters is 1. The highest BCUT2D eigenvalue weighted by atomic mass is 35.5. The van der Waals surface area contributed by atoms with Gasteiger partial charge in [-0.1, -0.05) is 48.0 Å². The summed E-state index contributed by atoms with van der Waals surface area (Å²) in [6, 6.07) is 19.9. The van der Waals surface area contributed by atoms with Crippen molar-refractivity contribution < 1.29 is 19.1 Å². The summed E-state index contributed by atoms with van der Waals surface area (Å²) in [6.07, 6.45) is 1.81. The molecule has 1 heterocycles. The molecule has 0 unspecified atom stereocenters. The Morgan fingerprint density at radius 3 is 2.60 bits per heavy atom. The highest BCUT2D eigenvalue weighted by Crippen LogP contribution is 2.36. The summed E-state index contributed by atoms with van der Waals surface area (Å²) in [7, 11) is 1.35. The Bertz CT molecular complexity index is 1150. The second-order valence-corrected chi connectivity index (χ2v) is 7.15. The predicted molar refractivity (Wildman–Crippen MR) is 117 cm³/mol. The molecule has 5 nitrogen and oxygen atoms in total. The molecule has 6 heteroatoms. The number of anilines is 1. The van der Waals surface area contributed by atoms with Gasteiger partial charge in [-0.3, -0.25) is 4.79 Å². The van der Waals surface area contributed by atoms with E-state index in [0.717, 1.165) is 16.7 Å². The third-order valence-corrected chi connectivity index (χ3v) is 4.99. The van der Waals surface area contributed by atoms with Gasteiger partial charge >= 0.3 is 5.97 Å². The molecule has 0 aliphatic carbocycles. The number of hydrogen-bond donors (Lipinski definition) is 1. The molecule has 3 aromatic carbocycles. The van der Waals surface area contributed by atoms with Gasteiger partial charge in [0, 0.05) is 21.7 Å². The molecule has 4 rings (SSSR count). The standard InChI is InChI=1S/C24H18ClNO4/c1-29-24(28)16-8-6-15(7-9-16)14-30-22-5-3-2-4-17(22)12-20-19-11-10-18(25)13-21(19)26-23(20)27/h2-13H,14H2,1H3,(H,26,27). The van der Waals surface area contributed by atoms with Crippen molar-refractivity contribution in [2.75, 3.05) is 12.4 Å². The van der Waals surface area contributed by atoms with Crippen LogP contribution in [0.1, 0.15) is 27.0 Å². The van der Waals surface area contributed by atoms with Gasteiger partial charge in [0.15, 0.2) is 0 Å². The zero-order chi connectivity index (χ0) is 21.1. The Balaban J connectivity index is 1.56. The summed E-state index contributed by atoms with van der Waals surface area (Å²) in [5.74, 6) is 0.0913. The van der Waals surface area contributed by atoms with Crippen LogP contribution in [-0.4, -0.2) is 19.0 Å². The summed E-state index contributed by atoms with van der Waals surface area (Å²) in [4.78, 5) is 24.0. The fourth-order valence-corrected chi connectivity index (χ4v) is 3.38. The van der Waals surface area contributed by atoms with Gasteiger partial charge in [0.25, 0.3) is 5.91 Å². The fourth-order valence-electron chi connectivity index (χ4n) is 3.21. The average molecular weight is 420 g/mol. The van der Waals surface area contributed by atoms with Crippen molar-refractivity contribution in [1.29, 1.82) is 0 Å². The molecule has 30 heavy (non-hydrogen) atoms. The molecule has 0 radical (unpaired) electrons. The number of fused-ring (bicyclic) bond motifs is 1. The number of rotatable bonds is 5. The highest BCUT2D eigenvalue weighted by Gasteiger charge is 2.24. The molecular formula is C24H18ClNO4. The second-order valence-electron chi connectivity index (χ2n) is 6.72. The molecule has 0 bridgehead atoms. The van der Waals surface area contributed by atoms with Gasteiger partial charge in [-0.05, 0) is 42.0 Å². The van der Waals surface area contributed by atoms with Crippen molar-refractivity contribution in [3.63, 3.8) is 0 Å². The molecule has 0 saturated carbocycles. The minimum atomic E-state index is -0.379. The molecule has 0 aromatic heterocycles. The lowest BCUT2D eigenvalue weighted by Gasteiger charge is -2.10. The van der Waals surface area contributed by atoms with Gasteiger partial charge in [0.2, 0.25) is 0 Å². The molecule has 0 fully saturated rings. The largest absolute Gasteiger partial charge is 0.488 e. The van der Waals surface area contributed by atoms with E-state index in [2.05, 4.69) is 5.32 Å². The maximum atomic E-state index is 12.4. The molecule has 1 aliphatic rings. The zero-order valence-electron chi connectivity index (χ0n) is 16.1. The first-order chi connectivity index (χ1) is 14.5. The van der Waals surface area contributed by atoms with E-state index in [0.29, 0.717) is 34.2 Å². The zero-order valence-corrected chi connectivity index (χ0v) is 16.9. The molecule has 0 saturated heterocycles. The Morgan fingerprint density at radius 2 is 1.83 bits per heavy atom. The quantitative estimate of drug-likeness (QED) is 0.456. The first-order valence-corrected chi connectivity index (χ1v) is 9.65. The van der Waals surface area contributed by atoms with E-state index >= 15 is 0 Å². The van der Waals surface area contributed by atoms with Crippen molar-refractivity contribution in [3.8, 4) is 5.75 Å². The maximum Gasteiger partial charge on any atom is 0.337 e. The third-order valence-electron chi connectivity index (χ3n) is 4.75. The van der Waals surface area contributed by atoms with Gasteiger partial charge in [0.1, 0.15) is 12.4 Å². The summed E-state index contributed by atoms with van der Waals surface area (Å²) in [5.41, 5.74) is 4.23.